The smallest absolute Gasteiger partial charge is 0.137 e. The molecular weight excluding hydrogens is 489 g/mol. The first-order chi connectivity index (χ1) is 9.06. The lowest BCUT2D eigenvalue weighted by molar-refractivity contribution is 0.470. The van der Waals surface area contributed by atoms with Crippen molar-refractivity contribution in [2.75, 3.05) is 5.43 Å². The summed E-state index contributed by atoms with van der Waals surface area (Å²) in [5.74, 6) is 0.239. The molecule has 2 rings (SSSR count). The Hall–Kier alpha value is -0.540. The van der Waals surface area contributed by atoms with Crippen LogP contribution in [0.15, 0.2) is 41.5 Å². The molecule has 0 amide bonds. The Balaban J connectivity index is 2.13. The molecule has 0 fully saturated rings. The summed E-state index contributed by atoms with van der Waals surface area (Å²) in [7, 11) is 0. The van der Waals surface area contributed by atoms with E-state index in [1.54, 1.807) is 18.3 Å². The van der Waals surface area contributed by atoms with Gasteiger partial charge in [0.05, 0.1) is 15.5 Å². The minimum Gasteiger partial charge on any atom is -0.506 e. The summed E-state index contributed by atoms with van der Waals surface area (Å²) in [5, 5.41) is 14.7. The maximum Gasteiger partial charge on any atom is 0.137 e. The summed E-state index contributed by atoms with van der Waals surface area (Å²) >= 11 is 10.1. The van der Waals surface area contributed by atoms with Gasteiger partial charge in [-0.3, -0.25) is 5.43 Å². The van der Waals surface area contributed by atoms with Crippen molar-refractivity contribution in [3.8, 4) is 5.75 Å². The van der Waals surface area contributed by atoms with Crippen LogP contribution in [0, 0.1) is 7.14 Å². The third-order valence-electron chi connectivity index (χ3n) is 2.30. The van der Waals surface area contributed by atoms with Gasteiger partial charge < -0.3 is 5.11 Å². The second kappa shape index (κ2) is 6.76. The number of hydrogen-bond donors (Lipinski definition) is 2. The van der Waals surface area contributed by atoms with Crippen molar-refractivity contribution in [2.45, 2.75) is 0 Å². The Kier molecular flexibility index (Phi) is 5.28. The standard InChI is InChI=1S/C13H9ClI2N2O/c14-9-1-3-11(4-2-9)18-17-7-8-5-10(15)6-12(16)13(8)19/h1-7,18-19H/b17-7+. The molecule has 2 N–H and O–H groups in total. The molecule has 0 unspecified atom stereocenters. The Morgan fingerprint density at radius 1 is 1.16 bits per heavy atom. The van der Waals surface area contributed by atoms with Gasteiger partial charge in [0.2, 0.25) is 0 Å². The highest BCUT2D eigenvalue weighted by molar-refractivity contribution is 14.1. The van der Waals surface area contributed by atoms with Crippen molar-refractivity contribution in [3.05, 3.63) is 54.1 Å². The molecule has 0 aromatic heterocycles. The molecule has 0 radical (unpaired) electrons. The second-order valence-corrected chi connectivity index (χ2v) is 6.55. The average Bonchev–Trinajstić information content (AvgIpc) is 2.37. The van der Waals surface area contributed by atoms with Gasteiger partial charge in [0.1, 0.15) is 5.75 Å². The van der Waals surface area contributed by atoms with Crippen LogP contribution >= 0.6 is 56.8 Å². The number of hydrazone groups is 1. The zero-order valence-electron chi connectivity index (χ0n) is 9.57. The quantitative estimate of drug-likeness (QED) is 0.366. The van der Waals surface area contributed by atoms with E-state index in [-0.39, 0.29) is 5.75 Å². The molecule has 19 heavy (non-hydrogen) atoms. The highest BCUT2D eigenvalue weighted by Crippen LogP contribution is 2.25. The van der Waals surface area contributed by atoms with Crippen LogP contribution in [0.4, 0.5) is 5.69 Å². The Labute approximate surface area is 143 Å². The fourth-order valence-corrected chi connectivity index (χ4v) is 3.40. The molecular formula is C13H9ClI2N2O. The van der Waals surface area contributed by atoms with Gasteiger partial charge in [-0.25, -0.2) is 0 Å². The van der Waals surface area contributed by atoms with E-state index < -0.39 is 0 Å². The predicted molar refractivity (Wildman–Crippen MR) is 96.2 cm³/mol. The van der Waals surface area contributed by atoms with Crippen LogP contribution in [0.3, 0.4) is 0 Å². The molecule has 0 saturated heterocycles. The van der Waals surface area contributed by atoms with Crippen molar-refractivity contribution in [2.24, 2.45) is 5.10 Å². The molecule has 6 heteroatoms. The van der Waals surface area contributed by atoms with E-state index in [1.807, 2.05) is 24.3 Å². The van der Waals surface area contributed by atoms with Crippen LogP contribution < -0.4 is 5.43 Å². The lowest BCUT2D eigenvalue weighted by Gasteiger charge is -2.03. The Morgan fingerprint density at radius 2 is 1.84 bits per heavy atom. The first kappa shape index (κ1) is 14.9. The molecule has 0 bridgehead atoms. The number of anilines is 1. The summed E-state index contributed by atoms with van der Waals surface area (Å²) in [6, 6.07) is 11.0. The zero-order chi connectivity index (χ0) is 13.8. The van der Waals surface area contributed by atoms with Crippen LogP contribution in [0.5, 0.6) is 5.75 Å². The van der Waals surface area contributed by atoms with Crippen molar-refractivity contribution in [1.29, 1.82) is 0 Å². The number of nitrogens with zero attached hydrogens (tertiary/aromatic N) is 1. The van der Waals surface area contributed by atoms with Gasteiger partial charge in [-0.15, -0.1) is 0 Å². The van der Waals surface area contributed by atoms with Crippen molar-refractivity contribution in [1.82, 2.24) is 0 Å². The largest absolute Gasteiger partial charge is 0.506 e. The summed E-state index contributed by atoms with van der Waals surface area (Å²) in [6.07, 6.45) is 1.59. The number of phenolic OH excluding ortho intramolecular Hbond substituents is 1. The van der Waals surface area contributed by atoms with Crippen LogP contribution in [0.25, 0.3) is 0 Å². The fourth-order valence-electron chi connectivity index (χ4n) is 1.39. The van der Waals surface area contributed by atoms with Crippen LogP contribution in [0.1, 0.15) is 5.56 Å². The number of hydrogen-bond acceptors (Lipinski definition) is 3. The minimum atomic E-state index is 0.239. The van der Waals surface area contributed by atoms with Gasteiger partial charge in [0.25, 0.3) is 0 Å². The number of nitrogens with one attached hydrogen (secondary N) is 1. The summed E-state index contributed by atoms with van der Waals surface area (Å²) in [6.45, 7) is 0. The van der Waals surface area contributed by atoms with E-state index >= 15 is 0 Å². The first-order valence-electron chi connectivity index (χ1n) is 5.29. The lowest BCUT2D eigenvalue weighted by atomic mass is 10.2. The third kappa shape index (κ3) is 4.22. The van der Waals surface area contributed by atoms with Crippen molar-refractivity contribution < 1.29 is 5.11 Å². The number of aromatic hydroxyl groups is 1. The highest BCUT2D eigenvalue weighted by Gasteiger charge is 2.04. The zero-order valence-corrected chi connectivity index (χ0v) is 14.6. The van der Waals surface area contributed by atoms with E-state index in [4.69, 9.17) is 11.6 Å². The Morgan fingerprint density at radius 3 is 2.53 bits per heavy atom. The molecule has 0 spiro atoms. The van der Waals surface area contributed by atoms with E-state index in [2.05, 4.69) is 55.7 Å². The van der Waals surface area contributed by atoms with Gasteiger partial charge >= 0.3 is 0 Å². The molecule has 98 valence electrons. The average molecular weight is 498 g/mol. The van der Waals surface area contributed by atoms with E-state index in [0.717, 1.165) is 12.8 Å². The van der Waals surface area contributed by atoms with Crippen molar-refractivity contribution in [3.63, 3.8) is 0 Å². The van der Waals surface area contributed by atoms with Gasteiger partial charge in [-0.05, 0) is 81.6 Å². The molecule has 3 nitrogen and oxygen atoms in total. The molecule has 0 aliphatic carbocycles. The monoisotopic (exact) mass is 498 g/mol. The number of halogens is 3. The van der Waals surface area contributed by atoms with E-state index in [1.165, 1.54) is 0 Å². The van der Waals surface area contributed by atoms with Gasteiger partial charge in [0.15, 0.2) is 0 Å². The van der Waals surface area contributed by atoms with E-state index in [0.29, 0.717) is 10.6 Å². The lowest BCUT2D eigenvalue weighted by Crippen LogP contribution is -1.92. The normalized spacial score (nSPS) is 10.9. The molecule has 0 heterocycles. The van der Waals surface area contributed by atoms with E-state index in [9.17, 15) is 5.11 Å². The van der Waals surface area contributed by atoms with Crippen LogP contribution in [-0.2, 0) is 0 Å². The number of rotatable bonds is 3. The maximum absolute atomic E-state index is 9.91. The fraction of sp³-hybridized carbons (Fsp3) is 0. The molecule has 0 aliphatic rings. The third-order valence-corrected chi connectivity index (χ3v) is 4.00. The molecule has 0 saturated carbocycles. The van der Waals surface area contributed by atoms with Gasteiger partial charge in [0, 0.05) is 14.2 Å². The number of phenols is 1. The molecule has 2 aromatic rings. The van der Waals surface area contributed by atoms with Gasteiger partial charge in [-0.1, -0.05) is 11.6 Å². The number of benzene rings is 2. The first-order valence-corrected chi connectivity index (χ1v) is 7.82. The topological polar surface area (TPSA) is 44.6 Å². The molecule has 0 aliphatic heterocycles. The predicted octanol–water partition coefficient (Wildman–Crippen LogP) is 4.70. The van der Waals surface area contributed by atoms with Crippen LogP contribution in [0.2, 0.25) is 5.02 Å². The minimum absolute atomic E-state index is 0.239. The summed E-state index contributed by atoms with van der Waals surface area (Å²) in [5.41, 5.74) is 4.39. The summed E-state index contributed by atoms with van der Waals surface area (Å²) in [4.78, 5) is 0. The van der Waals surface area contributed by atoms with Crippen molar-refractivity contribution >= 4 is 68.7 Å². The van der Waals surface area contributed by atoms with Gasteiger partial charge in [-0.2, -0.15) is 5.10 Å². The Bertz CT molecular complexity index is 615. The molecule has 0 atom stereocenters. The summed E-state index contributed by atoms with van der Waals surface area (Å²) < 4.78 is 1.85. The highest BCUT2D eigenvalue weighted by atomic mass is 127. The SMILES string of the molecule is Oc1c(I)cc(I)cc1/C=N/Nc1ccc(Cl)cc1. The van der Waals surface area contributed by atoms with Crippen LogP contribution in [-0.4, -0.2) is 11.3 Å². The second-order valence-electron chi connectivity index (χ2n) is 3.70. The molecule has 2 aromatic carbocycles. The maximum atomic E-state index is 9.91.